The van der Waals surface area contributed by atoms with Gasteiger partial charge in [0.1, 0.15) is 0 Å². The van der Waals surface area contributed by atoms with Gasteiger partial charge in [0.15, 0.2) is 5.54 Å². The molecule has 1 saturated heterocycles. The molecule has 1 atom stereocenters. The SMILES string of the molecule is CCN1CCNCC1(C(=O)O)c1ccccc1. The minimum absolute atomic E-state index is 0.459. The zero-order valence-electron chi connectivity index (χ0n) is 10.0. The predicted molar refractivity (Wildman–Crippen MR) is 65.9 cm³/mol. The van der Waals surface area contributed by atoms with Crippen LogP contribution in [-0.2, 0) is 10.3 Å². The maximum atomic E-state index is 11.8. The fraction of sp³-hybridized carbons (Fsp3) is 0.462. The van der Waals surface area contributed by atoms with Crippen LogP contribution in [0.15, 0.2) is 30.3 Å². The van der Waals surface area contributed by atoms with Crippen LogP contribution in [-0.4, -0.2) is 42.2 Å². The molecule has 1 aliphatic heterocycles. The van der Waals surface area contributed by atoms with E-state index < -0.39 is 11.5 Å². The molecule has 1 aromatic carbocycles. The molecule has 2 N–H and O–H groups in total. The third kappa shape index (κ3) is 1.94. The van der Waals surface area contributed by atoms with Gasteiger partial charge in [-0.05, 0) is 12.1 Å². The van der Waals surface area contributed by atoms with E-state index in [0.29, 0.717) is 6.54 Å². The molecule has 1 fully saturated rings. The van der Waals surface area contributed by atoms with Gasteiger partial charge in [0.2, 0.25) is 0 Å². The topological polar surface area (TPSA) is 52.6 Å². The Bertz CT molecular complexity index is 394. The third-order valence-electron chi connectivity index (χ3n) is 3.47. The van der Waals surface area contributed by atoms with Gasteiger partial charge in [0.25, 0.3) is 0 Å². The van der Waals surface area contributed by atoms with E-state index in [4.69, 9.17) is 0 Å². The van der Waals surface area contributed by atoms with E-state index in [0.717, 1.165) is 25.2 Å². The third-order valence-corrected chi connectivity index (χ3v) is 3.47. The number of hydrogen-bond donors (Lipinski definition) is 2. The number of piperazine rings is 1. The molecule has 92 valence electrons. The molecular formula is C13H18N2O2. The Balaban J connectivity index is 2.47. The van der Waals surface area contributed by atoms with Gasteiger partial charge in [0.05, 0.1) is 0 Å². The van der Waals surface area contributed by atoms with Gasteiger partial charge in [-0.25, -0.2) is 4.79 Å². The molecule has 1 unspecified atom stereocenters. The van der Waals surface area contributed by atoms with Crippen molar-refractivity contribution in [1.82, 2.24) is 10.2 Å². The van der Waals surface area contributed by atoms with Crippen LogP contribution in [0.25, 0.3) is 0 Å². The zero-order valence-corrected chi connectivity index (χ0v) is 10.0. The van der Waals surface area contributed by atoms with E-state index in [1.165, 1.54) is 0 Å². The summed E-state index contributed by atoms with van der Waals surface area (Å²) in [4.78, 5) is 13.8. The highest BCUT2D eigenvalue weighted by atomic mass is 16.4. The van der Waals surface area contributed by atoms with Crippen LogP contribution in [0, 0.1) is 0 Å². The molecule has 4 nitrogen and oxygen atoms in total. The van der Waals surface area contributed by atoms with Crippen LogP contribution in [0.2, 0.25) is 0 Å². The number of benzene rings is 1. The number of hydrogen-bond acceptors (Lipinski definition) is 3. The van der Waals surface area contributed by atoms with Crippen LogP contribution < -0.4 is 5.32 Å². The van der Waals surface area contributed by atoms with Gasteiger partial charge < -0.3 is 10.4 Å². The van der Waals surface area contributed by atoms with E-state index in [1.54, 1.807) is 0 Å². The highest BCUT2D eigenvalue weighted by Crippen LogP contribution is 2.30. The largest absolute Gasteiger partial charge is 0.480 e. The second-order valence-electron chi connectivity index (χ2n) is 4.29. The lowest BCUT2D eigenvalue weighted by atomic mass is 9.86. The van der Waals surface area contributed by atoms with Crippen molar-refractivity contribution in [2.75, 3.05) is 26.2 Å². The number of carboxylic acid groups (broad SMARTS) is 1. The average molecular weight is 234 g/mol. The minimum atomic E-state index is -0.922. The quantitative estimate of drug-likeness (QED) is 0.815. The Morgan fingerprint density at radius 2 is 2.18 bits per heavy atom. The second kappa shape index (κ2) is 4.85. The van der Waals surface area contributed by atoms with Gasteiger partial charge in [-0.15, -0.1) is 0 Å². The van der Waals surface area contributed by atoms with Gasteiger partial charge >= 0.3 is 5.97 Å². The van der Waals surface area contributed by atoms with Gasteiger partial charge in [-0.1, -0.05) is 37.3 Å². The van der Waals surface area contributed by atoms with Crippen molar-refractivity contribution >= 4 is 5.97 Å². The molecule has 0 saturated carbocycles. The molecule has 0 radical (unpaired) electrons. The van der Waals surface area contributed by atoms with Crippen molar-refractivity contribution < 1.29 is 9.90 Å². The first-order chi connectivity index (χ1) is 8.21. The standard InChI is InChI=1S/C13H18N2O2/c1-2-15-9-8-14-10-13(15,12(16)17)11-6-4-3-5-7-11/h3-7,14H,2,8-10H2,1H3,(H,16,17). The monoisotopic (exact) mass is 234 g/mol. The number of likely N-dealkylation sites (N-methyl/N-ethyl adjacent to an activating group) is 1. The predicted octanol–water partition coefficient (Wildman–Crippen LogP) is 0.892. The molecule has 0 amide bonds. The van der Waals surface area contributed by atoms with Gasteiger partial charge in [-0.3, -0.25) is 4.90 Å². The van der Waals surface area contributed by atoms with Gasteiger partial charge in [0, 0.05) is 19.6 Å². The molecule has 4 heteroatoms. The van der Waals surface area contributed by atoms with E-state index in [1.807, 2.05) is 42.2 Å². The summed E-state index contributed by atoms with van der Waals surface area (Å²) in [5.41, 5.74) is -0.0737. The Morgan fingerprint density at radius 3 is 2.76 bits per heavy atom. The van der Waals surface area contributed by atoms with Crippen LogP contribution in [0.1, 0.15) is 12.5 Å². The molecule has 0 spiro atoms. The Hall–Kier alpha value is -1.39. The van der Waals surface area contributed by atoms with Crippen LogP contribution in [0.3, 0.4) is 0 Å². The van der Waals surface area contributed by atoms with E-state index >= 15 is 0 Å². The normalized spacial score (nSPS) is 25.7. The fourth-order valence-corrected chi connectivity index (χ4v) is 2.55. The molecular weight excluding hydrogens is 216 g/mol. The van der Waals surface area contributed by atoms with Crippen molar-refractivity contribution in [3.8, 4) is 0 Å². The van der Waals surface area contributed by atoms with Gasteiger partial charge in [-0.2, -0.15) is 0 Å². The summed E-state index contributed by atoms with van der Waals surface area (Å²) in [6.45, 7) is 4.81. The van der Waals surface area contributed by atoms with Crippen molar-refractivity contribution in [3.63, 3.8) is 0 Å². The lowest BCUT2D eigenvalue weighted by molar-refractivity contribution is -0.153. The highest BCUT2D eigenvalue weighted by molar-refractivity contribution is 5.81. The Labute approximate surface area is 101 Å². The number of rotatable bonds is 3. The zero-order chi connectivity index (χ0) is 12.3. The maximum Gasteiger partial charge on any atom is 0.330 e. The summed E-state index contributed by atoms with van der Waals surface area (Å²) >= 11 is 0. The van der Waals surface area contributed by atoms with Crippen molar-refractivity contribution in [2.24, 2.45) is 0 Å². The van der Waals surface area contributed by atoms with Crippen molar-refractivity contribution in [3.05, 3.63) is 35.9 Å². The summed E-state index contributed by atoms with van der Waals surface area (Å²) in [6, 6.07) is 9.48. The first-order valence-electron chi connectivity index (χ1n) is 5.96. The Morgan fingerprint density at radius 1 is 1.47 bits per heavy atom. The molecule has 1 aromatic rings. The molecule has 0 aliphatic carbocycles. The molecule has 0 aromatic heterocycles. The summed E-state index contributed by atoms with van der Waals surface area (Å²) in [7, 11) is 0. The fourth-order valence-electron chi connectivity index (χ4n) is 2.55. The minimum Gasteiger partial charge on any atom is -0.480 e. The molecule has 1 aliphatic rings. The highest BCUT2D eigenvalue weighted by Gasteiger charge is 2.46. The molecule has 0 bridgehead atoms. The summed E-state index contributed by atoms with van der Waals surface area (Å²) < 4.78 is 0. The van der Waals surface area contributed by atoms with E-state index in [9.17, 15) is 9.90 Å². The number of carboxylic acids is 1. The van der Waals surface area contributed by atoms with Crippen molar-refractivity contribution in [2.45, 2.75) is 12.5 Å². The average Bonchev–Trinajstić information content (AvgIpc) is 2.39. The van der Waals surface area contributed by atoms with Crippen LogP contribution in [0.5, 0.6) is 0 Å². The lowest BCUT2D eigenvalue weighted by Gasteiger charge is -2.44. The second-order valence-corrected chi connectivity index (χ2v) is 4.29. The summed E-state index contributed by atoms with van der Waals surface area (Å²) in [5, 5.41) is 12.9. The summed E-state index contributed by atoms with van der Waals surface area (Å²) in [6.07, 6.45) is 0. The first kappa shape index (κ1) is 12.1. The summed E-state index contributed by atoms with van der Waals surface area (Å²) in [5.74, 6) is -0.780. The van der Waals surface area contributed by atoms with Crippen LogP contribution >= 0.6 is 0 Å². The number of nitrogens with one attached hydrogen (secondary N) is 1. The van der Waals surface area contributed by atoms with E-state index in [2.05, 4.69) is 5.32 Å². The van der Waals surface area contributed by atoms with Crippen molar-refractivity contribution in [1.29, 1.82) is 0 Å². The molecule has 1 heterocycles. The first-order valence-corrected chi connectivity index (χ1v) is 5.96. The van der Waals surface area contributed by atoms with Crippen LogP contribution in [0.4, 0.5) is 0 Å². The molecule has 17 heavy (non-hydrogen) atoms. The van der Waals surface area contributed by atoms with E-state index in [-0.39, 0.29) is 0 Å². The lowest BCUT2D eigenvalue weighted by Crippen LogP contribution is -2.62. The molecule has 2 rings (SSSR count). The Kier molecular flexibility index (Phi) is 3.45. The smallest absolute Gasteiger partial charge is 0.330 e. The number of carbonyl (C=O) groups is 1. The number of aliphatic carboxylic acids is 1. The number of nitrogens with zero attached hydrogens (tertiary/aromatic N) is 1. The maximum absolute atomic E-state index is 11.8.